The van der Waals surface area contributed by atoms with Gasteiger partial charge in [-0.25, -0.2) is 4.79 Å². The summed E-state index contributed by atoms with van der Waals surface area (Å²) in [6, 6.07) is 11.9. The minimum Gasteiger partial charge on any atom is -0.465 e. The minimum absolute atomic E-state index is 0.444. The van der Waals surface area contributed by atoms with Gasteiger partial charge in [-0.1, -0.05) is 6.07 Å². The number of amides is 1. The van der Waals surface area contributed by atoms with E-state index in [-0.39, 0.29) is 0 Å². The molecular formula is C14H15N3O3. The summed E-state index contributed by atoms with van der Waals surface area (Å²) < 4.78 is 5.67. The van der Waals surface area contributed by atoms with Crippen LogP contribution in [0.4, 0.5) is 21.9 Å². The van der Waals surface area contributed by atoms with Crippen molar-refractivity contribution in [3.63, 3.8) is 0 Å². The summed E-state index contributed by atoms with van der Waals surface area (Å²) in [6.45, 7) is 0. The molecule has 1 amide bonds. The third-order valence-electron chi connectivity index (χ3n) is 2.62. The number of nitrogen functional groups attached to an aromatic ring is 1. The van der Waals surface area contributed by atoms with E-state index in [0.717, 1.165) is 5.69 Å². The Kier molecular flexibility index (Phi) is 3.95. The number of carbonyl (C=O) groups is 1. The Morgan fingerprint density at radius 3 is 2.65 bits per heavy atom. The van der Waals surface area contributed by atoms with E-state index >= 15 is 0 Å². The second-order valence-electron chi connectivity index (χ2n) is 4.06. The molecule has 0 aliphatic rings. The Morgan fingerprint density at radius 2 is 1.95 bits per heavy atom. The molecule has 104 valence electrons. The number of rotatable bonds is 4. The fourth-order valence-corrected chi connectivity index (χ4v) is 1.71. The summed E-state index contributed by atoms with van der Waals surface area (Å²) in [5, 5.41) is 13.9. The van der Waals surface area contributed by atoms with Gasteiger partial charge in [-0.15, -0.1) is 0 Å². The van der Waals surface area contributed by atoms with Crippen LogP contribution in [0, 0.1) is 0 Å². The molecule has 6 heteroatoms. The van der Waals surface area contributed by atoms with E-state index in [9.17, 15) is 4.79 Å². The third-order valence-corrected chi connectivity index (χ3v) is 2.62. The lowest BCUT2D eigenvalue weighted by Gasteiger charge is -2.10. The zero-order valence-corrected chi connectivity index (χ0v) is 10.9. The largest absolute Gasteiger partial charge is 0.465 e. The molecule has 0 bridgehead atoms. The van der Waals surface area contributed by atoms with E-state index in [2.05, 4.69) is 10.6 Å². The second kappa shape index (κ2) is 5.83. The quantitative estimate of drug-likeness (QED) is 0.641. The molecule has 20 heavy (non-hydrogen) atoms. The van der Waals surface area contributed by atoms with Gasteiger partial charge >= 0.3 is 6.09 Å². The van der Waals surface area contributed by atoms with Gasteiger partial charge in [0.2, 0.25) is 0 Å². The number of carboxylic acid groups (broad SMARTS) is 1. The Hall–Kier alpha value is -2.89. The smallest absolute Gasteiger partial charge is 0.409 e. The number of hydrogen-bond donors (Lipinski definition) is 4. The lowest BCUT2D eigenvalue weighted by molar-refractivity contribution is 0.210. The number of ether oxygens (including phenoxy) is 1. The summed E-state index contributed by atoms with van der Waals surface area (Å²) in [5.41, 5.74) is 7.61. The fraction of sp³-hybridized carbons (Fsp3) is 0.0714. The van der Waals surface area contributed by atoms with Crippen molar-refractivity contribution < 1.29 is 14.6 Å². The van der Waals surface area contributed by atoms with Crippen LogP contribution in [0.3, 0.4) is 0 Å². The van der Waals surface area contributed by atoms with Crippen LogP contribution in [0.15, 0.2) is 42.5 Å². The highest BCUT2D eigenvalue weighted by atomic mass is 16.5. The van der Waals surface area contributed by atoms with Gasteiger partial charge in [-0.2, -0.15) is 0 Å². The highest BCUT2D eigenvalue weighted by molar-refractivity contribution is 5.83. The maximum absolute atomic E-state index is 10.6. The van der Waals surface area contributed by atoms with Crippen molar-refractivity contribution in [1.82, 2.24) is 0 Å². The Bertz CT molecular complexity index is 629. The summed E-state index contributed by atoms with van der Waals surface area (Å²) in [7, 11) is 1.77. The van der Waals surface area contributed by atoms with Gasteiger partial charge in [0, 0.05) is 24.9 Å². The predicted molar refractivity (Wildman–Crippen MR) is 78.6 cm³/mol. The van der Waals surface area contributed by atoms with Crippen molar-refractivity contribution in [2.45, 2.75) is 0 Å². The molecule has 5 N–H and O–H groups in total. The maximum Gasteiger partial charge on any atom is 0.409 e. The summed E-state index contributed by atoms with van der Waals surface area (Å²) in [5.74, 6) is 1.14. The first kappa shape index (κ1) is 13.5. The van der Waals surface area contributed by atoms with E-state index in [4.69, 9.17) is 15.6 Å². The number of anilines is 3. The molecule has 0 saturated heterocycles. The van der Waals surface area contributed by atoms with Crippen molar-refractivity contribution >= 4 is 23.2 Å². The first-order valence-electron chi connectivity index (χ1n) is 5.93. The normalized spacial score (nSPS) is 9.85. The average Bonchev–Trinajstić information content (AvgIpc) is 2.40. The predicted octanol–water partition coefficient (Wildman–Crippen LogP) is 3.19. The van der Waals surface area contributed by atoms with E-state index in [1.165, 1.54) is 0 Å². The van der Waals surface area contributed by atoms with E-state index in [0.29, 0.717) is 22.9 Å². The van der Waals surface area contributed by atoms with Crippen LogP contribution in [-0.4, -0.2) is 18.2 Å². The first-order chi connectivity index (χ1) is 9.58. The van der Waals surface area contributed by atoms with Crippen molar-refractivity contribution in [1.29, 1.82) is 0 Å². The number of nitrogens with two attached hydrogens (primary N) is 1. The maximum atomic E-state index is 10.6. The van der Waals surface area contributed by atoms with Crippen LogP contribution in [0.2, 0.25) is 0 Å². The number of hydrogen-bond acceptors (Lipinski definition) is 4. The van der Waals surface area contributed by atoms with E-state index in [1.54, 1.807) is 49.5 Å². The Morgan fingerprint density at radius 1 is 1.20 bits per heavy atom. The van der Waals surface area contributed by atoms with Crippen LogP contribution >= 0.6 is 0 Å². The highest BCUT2D eigenvalue weighted by Gasteiger charge is 2.04. The molecule has 0 aromatic heterocycles. The zero-order valence-electron chi connectivity index (χ0n) is 10.9. The van der Waals surface area contributed by atoms with Crippen LogP contribution < -0.4 is 21.1 Å². The molecule has 0 saturated carbocycles. The van der Waals surface area contributed by atoms with Crippen LogP contribution in [0.25, 0.3) is 0 Å². The fourth-order valence-electron chi connectivity index (χ4n) is 1.71. The molecule has 0 unspecified atom stereocenters. The van der Waals surface area contributed by atoms with Gasteiger partial charge in [0.15, 0.2) is 0 Å². The SMILES string of the molecule is CNc1cc(Oc2cccc(NC(=O)O)c2)ccc1N. The molecule has 2 rings (SSSR count). The number of nitrogens with one attached hydrogen (secondary N) is 2. The summed E-state index contributed by atoms with van der Waals surface area (Å²) in [6.07, 6.45) is -1.12. The molecule has 0 heterocycles. The number of benzene rings is 2. The third kappa shape index (κ3) is 3.32. The summed E-state index contributed by atoms with van der Waals surface area (Å²) >= 11 is 0. The molecule has 0 atom stereocenters. The lowest BCUT2D eigenvalue weighted by Crippen LogP contribution is -2.06. The molecule has 2 aromatic carbocycles. The van der Waals surface area contributed by atoms with Crippen molar-refractivity contribution in [3.05, 3.63) is 42.5 Å². The van der Waals surface area contributed by atoms with Crippen LogP contribution in [-0.2, 0) is 0 Å². The molecule has 2 aromatic rings. The van der Waals surface area contributed by atoms with Crippen molar-refractivity contribution in [3.8, 4) is 11.5 Å². The van der Waals surface area contributed by atoms with Crippen molar-refractivity contribution in [2.75, 3.05) is 23.4 Å². The van der Waals surface area contributed by atoms with Crippen LogP contribution in [0.5, 0.6) is 11.5 Å². The standard InChI is InChI=1S/C14H15N3O3/c1-16-13-8-11(5-6-12(13)15)20-10-4-2-3-9(7-10)17-14(18)19/h2-8,16-17H,15H2,1H3,(H,18,19). The van der Waals surface area contributed by atoms with Crippen molar-refractivity contribution in [2.24, 2.45) is 0 Å². The van der Waals surface area contributed by atoms with Gasteiger partial charge in [0.25, 0.3) is 0 Å². The van der Waals surface area contributed by atoms with Gasteiger partial charge in [-0.3, -0.25) is 5.32 Å². The van der Waals surface area contributed by atoms with Gasteiger partial charge < -0.3 is 20.9 Å². The highest BCUT2D eigenvalue weighted by Crippen LogP contribution is 2.29. The van der Waals surface area contributed by atoms with Gasteiger partial charge in [0.05, 0.1) is 11.4 Å². The van der Waals surface area contributed by atoms with E-state index < -0.39 is 6.09 Å². The molecule has 0 fully saturated rings. The van der Waals surface area contributed by atoms with Gasteiger partial charge in [0.1, 0.15) is 11.5 Å². The first-order valence-corrected chi connectivity index (χ1v) is 5.93. The molecule has 0 radical (unpaired) electrons. The zero-order chi connectivity index (χ0) is 14.5. The monoisotopic (exact) mass is 273 g/mol. The minimum atomic E-state index is -1.12. The van der Waals surface area contributed by atoms with Gasteiger partial charge in [-0.05, 0) is 24.3 Å². The Labute approximate surface area is 116 Å². The Balaban J connectivity index is 2.19. The average molecular weight is 273 g/mol. The lowest BCUT2D eigenvalue weighted by atomic mass is 10.2. The molecule has 6 nitrogen and oxygen atoms in total. The summed E-state index contributed by atoms with van der Waals surface area (Å²) in [4.78, 5) is 10.6. The molecule has 0 aliphatic heterocycles. The molecule has 0 aliphatic carbocycles. The molecule has 0 spiro atoms. The second-order valence-corrected chi connectivity index (χ2v) is 4.06. The topological polar surface area (TPSA) is 96.6 Å². The molecular weight excluding hydrogens is 258 g/mol. The van der Waals surface area contributed by atoms with E-state index in [1.807, 2.05) is 0 Å². The van der Waals surface area contributed by atoms with Crippen LogP contribution in [0.1, 0.15) is 0 Å².